The third-order valence-electron chi connectivity index (χ3n) is 4.67. The first-order valence-electron chi connectivity index (χ1n) is 8.99. The molecule has 2 N–H and O–H groups in total. The summed E-state index contributed by atoms with van der Waals surface area (Å²) in [6.45, 7) is 16.4. The summed E-state index contributed by atoms with van der Waals surface area (Å²) in [7, 11) is 1.81. The maximum atomic E-state index is 5.85. The van der Waals surface area contributed by atoms with Crippen molar-refractivity contribution in [3.63, 3.8) is 0 Å². The van der Waals surface area contributed by atoms with E-state index in [9.17, 15) is 0 Å². The summed E-state index contributed by atoms with van der Waals surface area (Å²) < 4.78 is 5.85. The highest BCUT2D eigenvalue weighted by Gasteiger charge is 2.33. The van der Waals surface area contributed by atoms with Gasteiger partial charge >= 0.3 is 0 Å². The van der Waals surface area contributed by atoms with Crippen LogP contribution in [-0.2, 0) is 11.3 Å². The minimum absolute atomic E-state index is 0.0261. The smallest absolute Gasteiger partial charge is 0.191 e. The highest BCUT2D eigenvalue weighted by Crippen LogP contribution is 2.20. The van der Waals surface area contributed by atoms with Gasteiger partial charge < -0.3 is 15.4 Å². The quantitative estimate of drug-likeness (QED) is 0.618. The number of hydrogen-bond acceptors (Lipinski definition) is 5. The second-order valence-corrected chi connectivity index (χ2v) is 8.79. The van der Waals surface area contributed by atoms with Gasteiger partial charge in [-0.15, -0.1) is 11.3 Å². The lowest BCUT2D eigenvalue weighted by Gasteiger charge is -2.45. The van der Waals surface area contributed by atoms with Gasteiger partial charge in [0.2, 0.25) is 0 Å². The van der Waals surface area contributed by atoms with Crippen LogP contribution in [0.3, 0.4) is 0 Å². The molecule has 1 aromatic heterocycles. The van der Waals surface area contributed by atoms with Crippen molar-refractivity contribution in [3.05, 3.63) is 15.6 Å². The second kappa shape index (κ2) is 8.47. The minimum atomic E-state index is 0.0261. The lowest BCUT2D eigenvalue weighted by Crippen LogP contribution is -2.59. The number of ether oxygens (including phenoxy) is 1. The van der Waals surface area contributed by atoms with Crippen LogP contribution in [0, 0.1) is 13.8 Å². The molecule has 0 aromatic carbocycles. The van der Waals surface area contributed by atoms with Crippen LogP contribution in [0.4, 0.5) is 0 Å². The normalized spacial score (nSPS) is 22.9. The molecule has 1 aliphatic rings. The number of thiazole rings is 1. The van der Waals surface area contributed by atoms with Gasteiger partial charge in [-0.25, -0.2) is 4.98 Å². The summed E-state index contributed by atoms with van der Waals surface area (Å²) in [6.07, 6.45) is 0.550. The Morgan fingerprint density at radius 1 is 1.28 bits per heavy atom. The summed E-state index contributed by atoms with van der Waals surface area (Å²) in [5.74, 6) is 0.813. The molecule has 1 fully saturated rings. The number of aromatic nitrogens is 1. The van der Waals surface area contributed by atoms with E-state index in [0.717, 1.165) is 36.3 Å². The Hall–Kier alpha value is -1.18. The SMILES string of the molecule is CN=C(NCc1nc(C)c(C)s1)NCC(C)(C)N1CC(C)OC(C)C1. The summed E-state index contributed by atoms with van der Waals surface area (Å²) in [4.78, 5) is 12.7. The number of aryl methyl sites for hydroxylation is 2. The third-order valence-corrected chi connectivity index (χ3v) is 5.74. The molecule has 1 aliphatic heterocycles. The van der Waals surface area contributed by atoms with Gasteiger partial charge in [-0.2, -0.15) is 0 Å². The highest BCUT2D eigenvalue weighted by atomic mass is 32.1. The lowest BCUT2D eigenvalue weighted by molar-refractivity contribution is -0.0946. The fraction of sp³-hybridized carbons (Fsp3) is 0.778. The Labute approximate surface area is 156 Å². The summed E-state index contributed by atoms with van der Waals surface area (Å²) in [5.41, 5.74) is 1.14. The number of guanidine groups is 1. The van der Waals surface area contributed by atoms with E-state index in [0.29, 0.717) is 6.54 Å². The molecule has 2 heterocycles. The van der Waals surface area contributed by atoms with Gasteiger partial charge in [0, 0.05) is 37.1 Å². The van der Waals surface area contributed by atoms with Crippen LogP contribution >= 0.6 is 11.3 Å². The van der Waals surface area contributed by atoms with E-state index < -0.39 is 0 Å². The monoisotopic (exact) mass is 367 g/mol. The number of aliphatic imine (C=N–C) groups is 1. The molecule has 0 radical (unpaired) electrons. The van der Waals surface area contributed by atoms with Crippen molar-refractivity contribution < 1.29 is 4.74 Å². The average molecular weight is 368 g/mol. The Kier molecular flexibility index (Phi) is 6.82. The first kappa shape index (κ1) is 20.1. The fourth-order valence-electron chi connectivity index (χ4n) is 3.08. The lowest BCUT2D eigenvalue weighted by atomic mass is 10.00. The molecule has 0 saturated carbocycles. The molecule has 2 unspecified atom stereocenters. The molecule has 2 atom stereocenters. The first-order valence-corrected chi connectivity index (χ1v) is 9.81. The van der Waals surface area contributed by atoms with Crippen LogP contribution in [-0.4, -0.2) is 60.3 Å². The molecule has 25 heavy (non-hydrogen) atoms. The van der Waals surface area contributed by atoms with E-state index >= 15 is 0 Å². The zero-order chi connectivity index (χ0) is 18.6. The van der Waals surface area contributed by atoms with Crippen molar-refractivity contribution in [1.29, 1.82) is 0 Å². The predicted octanol–water partition coefficient (Wildman–Crippen LogP) is 2.31. The molecule has 1 saturated heterocycles. The van der Waals surface area contributed by atoms with Gasteiger partial charge in [-0.1, -0.05) is 0 Å². The zero-order valence-electron chi connectivity index (χ0n) is 16.6. The van der Waals surface area contributed by atoms with Crippen molar-refractivity contribution in [2.24, 2.45) is 4.99 Å². The van der Waals surface area contributed by atoms with Gasteiger partial charge in [-0.3, -0.25) is 9.89 Å². The Balaban J connectivity index is 1.86. The first-order chi connectivity index (χ1) is 11.7. The van der Waals surface area contributed by atoms with Crippen molar-refractivity contribution in [3.8, 4) is 0 Å². The van der Waals surface area contributed by atoms with E-state index in [1.807, 2.05) is 0 Å². The molecule has 0 spiro atoms. The summed E-state index contributed by atoms with van der Waals surface area (Å²) in [6, 6.07) is 0. The van der Waals surface area contributed by atoms with Gasteiger partial charge in [0.05, 0.1) is 24.4 Å². The Morgan fingerprint density at radius 2 is 1.92 bits per heavy atom. The summed E-state index contributed by atoms with van der Waals surface area (Å²) in [5, 5.41) is 7.92. The topological polar surface area (TPSA) is 61.8 Å². The Morgan fingerprint density at radius 3 is 2.44 bits per heavy atom. The van der Waals surface area contributed by atoms with E-state index in [4.69, 9.17) is 4.74 Å². The standard InChI is InChI=1S/C18H33N5OS/c1-12-9-23(10-13(2)24-12)18(5,6)11-21-17(19-7)20-8-16-22-14(3)15(4)25-16/h12-13H,8-11H2,1-7H3,(H2,19,20,21). The van der Waals surface area contributed by atoms with Crippen LogP contribution in [0.2, 0.25) is 0 Å². The van der Waals surface area contributed by atoms with E-state index in [2.05, 4.69) is 67.1 Å². The van der Waals surface area contributed by atoms with Crippen LogP contribution in [0.1, 0.15) is 43.3 Å². The van der Waals surface area contributed by atoms with Crippen LogP contribution in [0.15, 0.2) is 4.99 Å². The third kappa shape index (κ3) is 5.66. The molecule has 0 amide bonds. The number of morpholine rings is 1. The number of nitrogens with zero attached hydrogens (tertiary/aromatic N) is 3. The van der Waals surface area contributed by atoms with Crippen molar-refractivity contribution in [2.45, 2.75) is 65.8 Å². The maximum Gasteiger partial charge on any atom is 0.191 e. The molecule has 0 bridgehead atoms. The van der Waals surface area contributed by atoms with Gasteiger partial charge in [0.15, 0.2) is 5.96 Å². The van der Waals surface area contributed by atoms with Gasteiger partial charge in [0.25, 0.3) is 0 Å². The van der Waals surface area contributed by atoms with Crippen LogP contribution in [0.25, 0.3) is 0 Å². The molecule has 7 heteroatoms. The van der Waals surface area contributed by atoms with Crippen LogP contribution in [0.5, 0.6) is 0 Å². The van der Waals surface area contributed by atoms with Gasteiger partial charge in [-0.05, 0) is 41.5 Å². The largest absolute Gasteiger partial charge is 0.373 e. The number of hydrogen-bond donors (Lipinski definition) is 2. The molecule has 6 nitrogen and oxygen atoms in total. The minimum Gasteiger partial charge on any atom is -0.373 e. The predicted molar refractivity (Wildman–Crippen MR) is 105 cm³/mol. The zero-order valence-corrected chi connectivity index (χ0v) is 17.5. The number of rotatable bonds is 5. The van der Waals surface area contributed by atoms with E-state index in [1.165, 1.54) is 4.88 Å². The maximum absolute atomic E-state index is 5.85. The molecular weight excluding hydrogens is 334 g/mol. The second-order valence-electron chi connectivity index (χ2n) is 7.50. The highest BCUT2D eigenvalue weighted by molar-refractivity contribution is 7.11. The molecular formula is C18H33N5OS. The van der Waals surface area contributed by atoms with Gasteiger partial charge in [0.1, 0.15) is 5.01 Å². The van der Waals surface area contributed by atoms with E-state index in [-0.39, 0.29) is 17.7 Å². The molecule has 0 aliphatic carbocycles. The van der Waals surface area contributed by atoms with Crippen molar-refractivity contribution >= 4 is 17.3 Å². The molecule has 142 valence electrons. The van der Waals surface area contributed by atoms with Crippen molar-refractivity contribution in [1.82, 2.24) is 20.5 Å². The molecule has 1 aromatic rings. The van der Waals surface area contributed by atoms with Crippen LogP contribution < -0.4 is 10.6 Å². The molecule has 2 rings (SSSR count). The average Bonchev–Trinajstić information content (AvgIpc) is 2.85. The number of nitrogens with one attached hydrogen (secondary N) is 2. The fourth-order valence-corrected chi connectivity index (χ4v) is 3.95. The van der Waals surface area contributed by atoms with E-state index in [1.54, 1.807) is 18.4 Å². The Bertz CT molecular complexity index is 569. The summed E-state index contributed by atoms with van der Waals surface area (Å²) >= 11 is 1.74. The van der Waals surface area contributed by atoms with Crippen molar-refractivity contribution in [2.75, 3.05) is 26.7 Å².